The number of rotatable bonds is 6. The first-order chi connectivity index (χ1) is 13.4. The molecule has 1 amide bonds. The molecule has 1 aliphatic rings. The standard InChI is InChI=1S/C20H17ClN2O4S/c1-2-16(19(25)26)27-15-8-6-12(7-9-15)10-17-18(24)23-20(28-17)22-14-5-3-4-13(21)11-14/h3-11,16H,2H2,1H3,(H,25,26)(H,22,23,24)/b17-10+. The fraction of sp³-hybridized carbons (Fsp3) is 0.150. The van der Waals surface area contributed by atoms with Gasteiger partial charge in [-0.25, -0.2) is 9.79 Å². The van der Waals surface area contributed by atoms with E-state index in [4.69, 9.17) is 21.4 Å². The van der Waals surface area contributed by atoms with Gasteiger partial charge in [-0.05, 0) is 60.2 Å². The van der Waals surface area contributed by atoms with E-state index in [-0.39, 0.29) is 5.91 Å². The molecule has 3 rings (SSSR count). The minimum atomic E-state index is -1.00. The van der Waals surface area contributed by atoms with E-state index >= 15 is 0 Å². The number of carbonyl (C=O) groups is 2. The van der Waals surface area contributed by atoms with E-state index in [1.54, 1.807) is 61.5 Å². The smallest absolute Gasteiger partial charge is 0.344 e. The Hall–Kier alpha value is -2.77. The summed E-state index contributed by atoms with van der Waals surface area (Å²) in [5.41, 5.74) is 1.44. The molecule has 2 aromatic rings. The predicted molar refractivity (Wildman–Crippen MR) is 111 cm³/mol. The van der Waals surface area contributed by atoms with Crippen LogP contribution in [-0.2, 0) is 9.59 Å². The first kappa shape index (κ1) is 20.0. The molecule has 28 heavy (non-hydrogen) atoms. The lowest BCUT2D eigenvalue weighted by Gasteiger charge is -2.13. The van der Waals surface area contributed by atoms with E-state index < -0.39 is 12.1 Å². The molecule has 0 aromatic heterocycles. The summed E-state index contributed by atoms with van der Waals surface area (Å²) in [6, 6.07) is 13.9. The van der Waals surface area contributed by atoms with Crippen molar-refractivity contribution >= 4 is 52.2 Å². The molecule has 6 nitrogen and oxygen atoms in total. The van der Waals surface area contributed by atoms with Crippen LogP contribution in [0.3, 0.4) is 0 Å². The van der Waals surface area contributed by atoms with Gasteiger partial charge in [-0.15, -0.1) is 0 Å². The molecule has 1 unspecified atom stereocenters. The third-order valence-corrected chi connectivity index (χ3v) is 4.94. The number of thioether (sulfide) groups is 1. The molecule has 144 valence electrons. The molecule has 0 spiro atoms. The van der Waals surface area contributed by atoms with Crippen molar-refractivity contribution in [2.24, 2.45) is 4.99 Å². The van der Waals surface area contributed by atoms with E-state index in [9.17, 15) is 9.59 Å². The molecular weight excluding hydrogens is 400 g/mol. The fourth-order valence-electron chi connectivity index (χ4n) is 2.41. The predicted octanol–water partition coefficient (Wildman–Crippen LogP) is 4.47. The Kier molecular flexibility index (Phi) is 6.38. The first-order valence-corrected chi connectivity index (χ1v) is 9.68. The highest BCUT2D eigenvalue weighted by Gasteiger charge is 2.24. The largest absolute Gasteiger partial charge is 0.479 e. The van der Waals surface area contributed by atoms with Crippen LogP contribution < -0.4 is 10.1 Å². The Morgan fingerprint density at radius 1 is 1.32 bits per heavy atom. The van der Waals surface area contributed by atoms with Crippen LogP contribution in [-0.4, -0.2) is 28.3 Å². The van der Waals surface area contributed by atoms with Gasteiger partial charge in [0.1, 0.15) is 5.75 Å². The van der Waals surface area contributed by atoms with Crippen LogP contribution in [0.2, 0.25) is 5.02 Å². The molecule has 2 N–H and O–H groups in total. The number of aliphatic carboxylic acids is 1. The third kappa shape index (κ3) is 5.15. The summed E-state index contributed by atoms with van der Waals surface area (Å²) in [7, 11) is 0. The number of amidine groups is 1. The van der Waals surface area contributed by atoms with Gasteiger partial charge >= 0.3 is 5.97 Å². The molecule has 1 fully saturated rings. The van der Waals surface area contributed by atoms with E-state index in [2.05, 4.69) is 10.3 Å². The van der Waals surface area contributed by atoms with Crippen molar-refractivity contribution in [1.82, 2.24) is 5.32 Å². The number of carbonyl (C=O) groups excluding carboxylic acids is 1. The van der Waals surface area contributed by atoms with Crippen molar-refractivity contribution in [3.63, 3.8) is 0 Å². The number of nitrogens with one attached hydrogen (secondary N) is 1. The van der Waals surface area contributed by atoms with Crippen LogP contribution in [0, 0.1) is 0 Å². The van der Waals surface area contributed by atoms with Crippen molar-refractivity contribution < 1.29 is 19.4 Å². The van der Waals surface area contributed by atoms with Gasteiger partial charge in [0, 0.05) is 5.02 Å². The molecule has 1 aliphatic heterocycles. The molecule has 8 heteroatoms. The molecule has 0 bridgehead atoms. The molecule has 1 heterocycles. The monoisotopic (exact) mass is 416 g/mol. The number of hydrogen-bond donors (Lipinski definition) is 2. The third-order valence-electron chi connectivity index (χ3n) is 3.79. The fourth-order valence-corrected chi connectivity index (χ4v) is 3.44. The van der Waals surface area contributed by atoms with E-state index in [1.807, 2.05) is 0 Å². The molecule has 0 radical (unpaired) electrons. The maximum atomic E-state index is 12.2. The maximum absolute atomic E-state index is 12.2. The van der Waals surface area contributed by atoms with Gasteiger partial charge in [-0.2, -0.15) is 0 Å². The molecule has 2 aromatic carbocycles. The van der Waals surface area contributed by atoms with Gasteiger partial charge < -0.3 is 15.2 Å². The van der Waals surface area contributed by atoms with Gasteiger partial charge in [0.25, 0.3) is 5.91 Å². The van der Waals surface area contributed by atoms with Crippen molar-refractivity contribution in [2.75, 3.05) is 0 Å². The Morgan fingerprint density at radius 3 is 2.71 bits per heavy atom. The number of benzene rings is 2. The second-order valence-corrected chi connectivity index (χ2v) is 7.35. The molecule has 0 saturated carbocycles. The van der Waals surface area contributed by atoms with Crippen molar-refractivity contribution in [3.05, 3.63) is 64.0 Å². The lowest BCUT2D eigenvalue weighted by atomic mass is 10.2. The zero-order chi connectivity index (χ0) is 20.1. The normalized spacial score (nSPS) is 17.6. The van der Waals surface area contributed by atoms with Crippen LogP contribution in [0.4, 0.5) is 5.69 Å². The number of nitrogens with zero attached hydrogens (tertiary/aromatic N) is 1. The topological polar surface area (TPSA) is 88.0 Å². The number of aliphatic imine (C=N–C) groups is 1. The Balaban J connectivity index is 1.71. The van der Waals surface area contributed by atoms with Crippen LogP contribution in [0.5, 0.6) is 5.75 Å². The summed E-state index contributed by atoms with van der Waals surface area (Å²) in [6.45, 7) is 1.75. The Labute approximate surface area is 171 Å². The average Bonchev–Trinajstić information content (AvgIpc) is 2.99. The SMILES string of the molecule is CCC(Oc1ccc(/C=C2/SC(=Nc3cccc(Cl)c3)NC2=O)cc1)C(=O)O. The zero-order valence-electron chi connectivity index (χ0n) is 14.9. The second kappa shape index (κ2) is 8.95. The average molecular weight is 417 g/mol. The highest BCUT2D eigenvalue weighted by molar-refractivity contribution is 8.18. The molecular formula is C20H17ClN2O4S. The highest BCUT2D eigenvalue weighted by atomic mass is 35.5. The summed E-state index contributed by atoms with van der Waals surface area (Å²) in [5.74, 6) is -0.773. The van der Waals surface area contributed by atoms with Gasteiger partial charge in [0.2, 0.25) is 0 Å². The van der Waals surface area contributed by atoms with E-state index in [1.165, 1.54) is 11.8 Å². The lowest BCUT2D eigenvalue weighted by molar-refractivity contribution is -0.145. The van der Waals surface area contributed by atoms with E-state index in [0.717, 1.165) is 5.56 Å². The number of halogens is 1. The summed E-state index contributed by atoms with van der Waals surface area (Å²) >= 11 is 7.18. The summed E-state index contributed by atoms with van der Waals surface area (Å²) in [5, 5.41) is 12.8. The van der Waals surface area contributed by atoms with Crippen LogP contribution >= 0.6 is 23.4 Å². The number of amides is 1. The zero-order valence-corrected chi connectivity index (χ0v) is 16.5. The Bertz CT molecular complexity index is 957. The number of carboxylic acids is 1. The maximum Gasteiger partial charge on any atom is 0.344 e. The summed E-state index contributed by atoms with van der Waals surface area (Å²) in [4.78, 5) is 28.1. The quantitative estimate of drug-likeness (QED) is 0.678. The lowest BCUT2D eigenvalue weighted by Crippen LogP contribution is -2.25. The van der Waals surface area contributed by atoms with Crippen LogP contribution in [0.15, 0.2) is 58.4 Å². The number of hydrogen-bond acceptors (Lipinski definition) is 5. The molecule has 0 aliphatic carbocycles. The van der Waals surface area contributed by atoms with Gasteiger partial charge in [0.15, 0.2) is 11.3 Å². The van der Waals surface area contributed by atoms with Gasteiger partial charge in [-0.1, -0.05) is 36.7 Å². The number of ether oxygens (including phenoxy) is 1. The van der Waals surface area contributed by atoms with Crippen molar-refractivity contribution in [1.29, 1.82) is 0 Å². The van der Waals surface area contributed by atoms with Gasteiger partial charge in [0.05, 0.1) is 10.6 Å². The number of carboxylic acid groups (broad SMARTS) is 1. The first-order valence-electron chi connectivity index (χ1n) is 8.49. The minimum absolute atomic E-state index is 0.233. The summed E-state index contributed by atoms with van der Waals surface area (Å²) < 4.78 is 5.43. The van der Waals surface area contributed by atoms with Crippen LogP contribution in [0.25, 0.3) is 6.08 Å². The summed E-state index contributed by atoms with van der Waals surface area (Å²) in [6.07, 6.45) is 1.22. The van der Waals surface area contributed by atoms with Crippen molar-refractivity contribution in [2.45, 2.75) is 19.4 Å². The second-order valence-electron chi connectivity index (χ2n) is 5.88. The van der Waals surface area contributed by atoms with Crippen LogP contribution in [0.1, 0.15) is 18.9 Å². The molecule has 1 atom stereocenters. The minimum Gasteiger partial charge on any atom is -0.479 e. The van der Waals surface area contributed by atoms with Gasteiger partial charge in [-0.3, -0.25) is 4.79 Å². The van der Waals surface area contributed by atoms with Crippen molar-refractivity contribution in [3.8, 4) is 5.75 Å². The van der Waals surface area contributed by atoms with E-state index in [0.29, 0.717) is 33.0 Å². The molecule has 1 saturated heterocycles. The highest BCUT2D eigenvalue weighted by Crippen LogP contribution is 2.29. The Morgan fingerprint density at radius 2 is 2.07 bits per heavy atom.